The third kappa shape index (κ3) is 3.24. The van der Waals surface area contributed by atoms with Gasteiger partial charge in [0.15, 0.2) is 0 Å². The maximum atomic E-state index is 6.10. The van der Waals surface area contributed by atoms with Crippen molar-refractivity contribution in [1.82, 2.24) is 9.97 Å². The summed E-state index contributed by atoms with van der Waals surface area (Å²) >= 11 is 6.10. The van der Waals surface area contributed by atoms with Crippen LogP contribution in [0.2, 0.25) is 5.15 Å². The van der Waals surface area contributed by atoms with Crippen LogP contribution in [0.15, 0.2) is 36.4 Å². The van der Waals surface area contributed by atoms with Gasteiger partial charge in [-0.15, -0.1) is 0 Å². The first-order valence-corrected chi connectivity index (χ1v) is 6.86. The Morgan fingerprint density at radius 3 is 2.42 bits per heavy atom. The van der Waals surface area contributed by atoms with E-state index in [4.69, 9.17) is 11.6 Å². The minimum atomic E-state index is 0.256. The Labute approximate surface area is 119 Å². The molecule has 1 aromatic heterocycles. The van der Waals surface area contributed by atoms with E-state index in [9.17, 15) is 0 Å². The fourth-order valence-electron chi connectivity index (χ4n) is 1.90. The van der Waals surface area contributed by atoms with Crippen LogP contribution in [0.25, 0.3) is 0 Å². The molecule has 0 bridgehead atoms. The molecule has 0 aliphatic heterocycles. The van der Waals surface area contributed by atoms with E-state index in [-0.39, 0.29) is 5.92 Å². The summed E-state index contributed by atoms with van der Waals surface area (Å²) in [4.78, 5) is 11.0. The van der Waals surface area contributed by atoms with Crippen molar-refractivity contribution < 1.29 is 0 Å². The summed E-state index contributed by atoms with van der Waals surface area (Å²) in [5, 5.41) is 0.489. The molecule has 0 aliphatic carbocycles. The van der Waals surface area contributed by atoms with Crippen LogP contribution < -0.4 is 4.90 Å². The van der Waals surface area contributed by atoms with Crippen molar-refractivity contribution in [3.05, 3.63) is 47.4 Å². The monoisotopic (exact) mass is 275 g/mol. The maximum Gasteiger partial charge on any atom is 0.138 e. The Kier molecular flexibility index (Phi) is 4.38. The Balaban J connectivity index is 2.44. The van der Waals surface area contributed by atoms with Crippen LogP contribution in [0.1, 0.15) is 32.5 Å². The summed E-state index contributed by atoms with van der Waals surface area (Å²) in [5.41, 5.74) is 1.11. The molecule has 0 radical (unpaired) electrons. The van der Waals surface area contributed by atoms with E-state index < -0.39 is 0 Å². The fourth-order valence-corrected chi connectivity index (χ4v) is 2.09. The lowest BCUT2D eigenvalue weighted by molar-refractivity contribution is 0.769. The van der Waals surface area contributed by atoms with Gasteiger partial charge in [0, 0.05) is 24.2 Å². The average molecular weight is 276 g/mol. The third-order valence-electron chi connectivity index (χ3n) is 2.88. The number of hydrogen-bond acceptors (Lipinski definition) is 3. The van der Waals surface area contributed by atoms with E-state index in [0.29, 0.717) is 5.15 Å². The molecule has 19 heavy (non-hydrogen) atoms. The van der Waals surface area contributed by atoms with Crippen LogP contribution in [-0.2, 0) is 0 Å². The Hall–Kier alpha value is -1.61. The first-order valence-electron chi connectivity index (χ1n) is 6.49. The Bertz CT molecular complexity index is 540. The quantitative estimate of drug-likeness (QED) is 0.774. The van der Waals surface area contributed by atoms with Crippen LogP contribution in [0, 0.1) is 0 Å². The van der Waals surface area contributed by atoms with Crippen molar-refractivity contribution in [2.75, 3.05) is 11.4 Å². The largest absolute Gasteiger partial charge is 0.327 e. The predicted octanol–water partition coefficient (Wildman–Crippen LogP) is 4.41. The topological polar surface area (TPSA) is 29.0 Å². The lowest BCUT2D eigenvalue weighted by Crippen LogP contribution is -2.18. The van der Waals surface area contributed by atoms with Gasteiger partial charge in [-0.1, -0.05) is 43.6 Å². The number of hydrogen-bond donors (Lipinski definition) is 0. The van der Waals surface area contributed by atoms with E-state index in [1.165, 1.54) is 0 Å². The van der Waals surface area contributed by atoms with Gasteiger partial charge in [0.05, 0.1) is 0 Å². The van der Waals surface area contributed by atoms with Crippen molar-refractivity contribution in [2.24, 2.45) is 0 Å². The molecule has 0 N–H and O–H groups in total. The molecule has 2 rings (SSSR count). The van der Waals surface area contributed by atoms with Crippen molar-refractivity contribution in [1.29, 1.82) is 0 Å². The molecule has 1 aromatic carbocycles. The molecule has 100 valence electrons. The molecule has 0 aliphatic rings. The molecule has 2 aromatic rings. The van der Waals surface area contributed by atoms with Gasteiger partial charge in [0.25, 0.3) is 0 Å². The van der Waals surface area contributed by atoms with Crippen LogP contribution in [0.5, 0.6) is 0 Å². The Morgan fingerprint density at radius 1 is 1.16 bits per heavy atom. The van der Waals surface area contributed by atoms with Crippen LogP contribution in [-0.4, -0.2) is 16.5 Å². The molecular weight excluding hydrogens is 258 g/mol. The summed E-state index contributed by atoms with van der Waals surface area (Å²) in [6, 6.07) is 12.0. The molecule has 0 saturated carbocycles. The van der Waals surface area contributed by atoms with E-state index in [1.807, 2.05) is 24.3 Å². The number of nitrogens with zero attached hydrogens (tertiary/aromatic N) is 3. The Morgan fingerprint density at radius 2 is 1.84 bits per heavy atom. The highest BCUT2D eigenvalue weighted by atomic mass is 35.5. The maximum absolute atomic E-state index is 6.10. The van der Waals surface area contributed by atoms with E-state index >= 15 is 0 Å². The lowest BCUT2D eigenvalue weighted by atomic mass is 10.2. The van der Waals surface area contributed by atoms with Gasteiger partial charge >= 0.3 is 0 Å². The molecule has 0 unspecified atom stereocenters. The molecule has 0 amide bonds. The highest BCUT2D eigenvalue weighted by Gasteiger charge is 2.13. The highest BCUT2D eigenvalue weighted by Crippen LogP contribution is 2.26. The predicted molar refractivity (Wildman–Crippen MR) is 80.3 cm³/mol. The first kappa shape index (κ1) is 13.8. The van der Waals surface area contributed by atoms with E-state index in [0.717, 1.165) is 23.9 Å². The van der Waals surface area contributed by atoms with Crippen LogP contribution in [0.3, 0.4) is 0 Å². The number of para-hydroxylation sites is 1. The van der Waals surface area contributed by atoms with Gasteiger partial charge in [-0.2, -0.15) is 0 Å². The second kappa shape index (κ2) is 6.02. The zero-order valence-electron chi connectivity index (χ0n) is 11.5. The number of rotatable bonds is 4. The third-order valence-corrected chi connectivity index (χ3v) is 3.07. The molecular formula is C15H18ClN3. The summed E-state index contributed by atoms with van der Waals surface area (Å²) in [7, 11) is 0. The van der Waals surface area contributed by atoms with Crippen LogP contribution >= 0.6 is 11.6 Å². The fraction of sp³-hybridized carbons (Fsp3) is 0.333. The zero-order chi connectivity index (χ0) is 13.8. The number of benzene rings is 1. The lowest BCUT2D eigenvalue weighted by Gasteiger charge is -2.23. The highest BCUT2D eigenvalue weighted by molar-refractivity contribution is 6.29. The smallest absolute Gasteiger partial charge is 0.138 e. The minimum Gasteiger partial charge on any atom is -0.327 e. The summed E-state index contributed by atoms with van der Waals surface area (Å²) in [5.74, 6) is 1.88. The minimum absolute atomic E-state index is 0.256. The molecule has 0 fully saturated rings. The van der Waals surface area contributed by atoms with Crippen LogP contribution in [0.4, 0.5) is 11.5 Å². The molecule has 0 atom stereocenters. The summed E-state index contributed by atoms with van der Waals surface area (Å²) < 4.78 is 0. The molecule has 4 heteroatoms. The van der Waals surface area contributed by atoms with Crippen molar-refractivity contribution in [3.8, 4) is 0 Å². The van der Waals surface area contributed by atoms with Gasteiger partial charge in [-0.3, -0.25) is 0 Å². The second-order valence-electron chi connectivity index (χ2n) is 4.64. The second-order valence-corrected chi connectivity index (χ2v) is 5.03. The van der Waals surface area contributed by atoms with Gasteiger partial charge in [-0.25, -0.2) is 9.97 Å². The molecule has 3 nitrogen and oxygen atoms in total. The van der Waals surface area contributed by atoms with Gasteiger partial charge < -0.3 is 4.90 Å². The normalized spacial score (nSPS) is 10.8. The van der Waals surface area contributed by atoms with Gasteiger partial charge in [-0.05, 0) is 19.1 Å². The van der Waals surface area contributed by atoms with Crippen molar-refractivity contribution >= 4 is 23.1 Å². The summed E-state index contributed by atoms with van der Waals surface area (Å²) in [6.45, 7) is 7.05. The zero-order valence-corrected chi connectivity index (χ0v) is 12.2. The van der Waals surface area contributed by atoms with Crippen molar-refractivity contribution in [3.63, 3.8) is 0 Å². The number of aromatic nitrogens is 2. The van der Waals surface area contributed by atoms with Gasteiger partial charge in [0.2, 0.25) is 0 Å². The summed E-state index contributed by atoms with van der Waals surface area (Å²) in [6.07, 6.45) is 0. The first-order chi connectivity index (χ1) is 9.11. The standard InChI is InChI=1S/C15H18ClN3/c1-4-19(12-8-6-5-7-9-12)14-10-13(16)17-15(18-14)11(2)3/h5-11H,4H2,1-3H3. The molecule has 0 spiro atoms. The van der Waals surface area contributed by atoms with Gasteiger partial charge in [0.1, 0.15) is 16.8 Å². The molecule has 0 saturated heterocycles. The average Bonchev–Trinajstić information content (AvgIpc) is 2.40. The van der Waals surface area contributed by atoms with E-state index in [1.54, 1.807) is 0 Å². The van der Waals surface area contributed by atoms with Crippen molar-refractivity contribution in [2.45, 2.75) is 26.7 Å². The van der Waals surface area contributed by atoms with E-state index in [2.05, 4.69) is 47.8 Å². The number of halogens is 1. The molecule has 1 heterocycles. The number of anilines is 2. The SMILES string of the molecule is CCN(c1ccccc1)c1cc(Cl)nc(C(C)C)n1.